The first kappa shape index (κ1) is 16.9. The van der Waals surface area contributed by atoms with Crippen LogP contribution in [0.1, 0.15) is 25.8 Å². The molecule has 1 aromatic rings. The average molecular weight is 282 g/mol. The van der Waals surface area contributed by atoms with E-state index in [1.165, 1.54) is 0 Å². The molecule has 20 heavy (non-hydrogen) atoms. The molecule has 0 aliphatic heterocycles. The van der Waals surface area contributed by atoms with Crippen molar-refractivity contribution in [1.82, 2.24) is 10.3 Å². The van der Waals surface area contributed by atoms with E-state index in [1.54, 1.807) is 7.11 Å². The van der Waals surface area contributed by atoms with Crippen LogP contribution in [0.4, 0.5) is 0 Å². The highest BCUT2D eigenvalue weighted by molar-refractivity contribution is 5.17. The fourth-order valence-electron chi connectivity index (χ4n) is 1.54. The number of hydrogen-bond donors (Lipinski definition) is 1. The first-order chi connectivity index (χ1) is 9.72. The Morgan fingerprint density at radius 3 is 2.65 bits per heavy atom. The van der Waals surface area contributed by atoms with Gasteiger partial charge >= 0.3 is 0 Å². The summed E-state index contributed by atoms with van der Waals surface area (Å²) in [6.45, 7) is 7.59. The second-order valence-corrected chi connectivity index (χ2v) is 4.85. The lowest BCUT2D eigenvalue weighted by Gasteiger charge is -2.09. The lowest BCUT2D eigenvalue weighted by atomic mass is 10.2. The van der Waals surface area contributed by atoms with Gasteiger partial charge in [0.05, 0.1) is 6.61 Å². The van der Waals surface area contributed by atoms with Crippen LogP contribution in [0, 0.1) is 0 Å². The second kappa shape index (κ2) is 10.6. The van der Waals surface area contributed by atoms with Crippen LogP contribution in [-0.2, 0) is 16.0 Å². The van der Waals surface area contributed by atoms with Gasteiger partial charge in [0.2, 0.25) is 5.88 Å². The SMILES string of the molecule is COCCCOCCOc1ccc(CNC(C)C)cn1. The molecule has 1 N–H and O–H groups in total. The predicted molar refractivity (Wildman–Crippen MR) is 79.0 cm³/mol. The van der Waals surface area contributed by atoms with E-state index in [1.807, 2.05) is 18.3 Å². The van der Waals surface area contributed by atoms with Crippen LogP contribution < -0.4 is 10.1 Å². The van der Waals surface area contributed by atoms with Crippen LogP contribution in [0.5, 0.6) is 5.88 Å². The predicted octanol–water partition coefficient (Wildman–Crippen LogP) is 2.01. The third-order valence-corrected chi connectivity index (χ3v) is 2.63. The highest BCUT2D eigenvalue weighted by atomic mass is 16.5. The molecule has 0 aliphatic rings. The van der Waals surface area contributed by atoms with Crippen molar-refractivity contribution >= 4 is 0 Å². The van der Waals surface area contributed by atoms with Gasteiger partial charge in [-0.1, -0.05) is 19.9 Å². The first-order valence-corrected chi connectivity index (χ1v) is 7.10. The zero-order valence-electron chi connectivity index (χ0n) is 12.7. The van der Waals surface area contributed by atoms with E-state index < -0.39 is 0 Å². The van der Waals surface area contributed by atoms with Gasteiger partial charge in [0, 0.05) is 45.2 Å². The molecule has 5 nitrogen and oxygen atoms in total. The lowest BCUT2D eigenvalue weighted by Crippen LogP contribution is -2.21. The van der Waals surface area contributed by atoms with Crippen LogP contribution in [-0.4, -0.2) is 44.6 Å². The zero-order valence-corrected chi connectivity index (χ0v) is 12.7. The second-order valence-electron chi connectivity index (χ2n) is 4.85. The van der Waals surface area contributed by atoms with Crippen LogP contribution in [0.2, 0.25) is 0 Å². The maximum atomic E-state index is 5.51. The van der Waals surface area contributed by atoms with Crippen molar-refractivity contribution in [1.29, 1.82) is 0 Å². The first-order valence-electron chi connectivity index (χ1n) is 7.10. The number of methoxy groups -OCH3 is 1. The molecule has 0 bridgehead atoms. The Hall–Kier alpha value is -1.17. The number of rotatable bonds is 11. The molecule has 0 saturated carbocycles. The molecule has 0 radical (unpaired) electrons. The molecule has 114 valence electrons. The largest absolute Gasteiger partial charge is 0.475 e. The van der Waals surface area contributed by atoms with Crippen LogP contribution >= 0.6 is 0 Å². The van der Waals surface area contributed by atoms with Crippen LogP contribution in [0.3, 0.4) is 0 Å². The molecule has 0 aliphatic carbocycles. The van der Waals surface area contributed by atoms with Crippen molar-refractivity contribution < 1.29 is 14.2 Å². The third-order valence-electron chi connectivity index (χ3n) is 2.63. The molecule has 0 saturated heterocycles. The minimum absolute atomic E-state index is 0.473. The summed E-state index contributed by atoms with van der Waals surface area (Å²) in [5, 5.41) is 3.35. The smallest absolute Gasteiger partial charge is 0.213 e. The average Bonchev–Trinajstić information content (AvgIpc) is 2.45. The quantitative estimate of drug-likeness (QED) is 0.629. The van der Waals surface area contributed by atoms with E-state index in [0.29, 0.717) is 31.7 Å². The molecule has 0 amide bonds. The highest BCUT2D eigenvalue weighted by Crippen LogP contribution is 2.07. The topological polar surface area (TPSA) is 52.6 Å². The molecule has 0 unspecified atom stereocenters. The molecule has 1 heterocycles. The molecule has 5 heteroatoms. The van der Waals surface area contributed by atoms with E-state index in [4.69, 9.17) is 14.2 Å². The van der Waals surface area contributed by atoms with Crippen molar-refractivity contribution in [3.05, 3.63) is 23.9 Å². The number of hydrogen-bond acceptors (Lipinski definition) is 5. The minimum Gasteiger partial charge on any atom is -0.475 e. The maximum Gasteiger partial charge on any atom is 0.213 e. The standard InChI is InChI=1S/C15H26N2O3/c1-13(2)16-11-14-5-6-15(17-12-14)20-10-9-19-8-4-7-18-3/h5-6,12-13,16H,4,7-11H2,1-3H3. The van der Waals surface area contributed by atoms with Crippen molar-refractivity contribution in [3.8, 4) is 5.88 Å². The maximum absolute atomic E-state index is 5.51. The normalized spacial score (nSPS) is 11.0. The lowest BCUT2D eigenvalue weighted by molar-refractivity contribution is 0.0795. The van der Waals surface area contributed by atoms with Gasteiger partial charge in [0.1, 0.15) is 6.61 Å². The van der Waals surface area contributed by atoms with Crippen molar-refractivity contribution in [3.63, 3.8) is 0 Å². The summed E-state index contributed by atoms with van der Waals surface area (Å²) in [4.78, 5) is 4.27. The Bertz CT molecular complexity index is 341. The molecule has 0 atom stereocenters. The number of nitrogens with zero attached hydrogens (tertiary/aromatic N) is 1. The van der Waals surface area contributed by atoms with Gasteiger partial charge in [0.15, 0.2) is 0 Å². The van der Waals surface area contributed by atoms with Gasteiger partial charge in [-0.3, -0.25) is 0 Å². The summed E-state index contributed by atoms with van der Waals surface area (Å²) in [6.07, 6.45) is 2.75. The van der Waals surface area contributed by atoms with E-state index in [0.717, 1.165) is 25.1 Å². The Morgan fingerprint density at radius 2 is 2.00 bits per heavy atom. The molecule has 0 spiro atoms. The minimum atomic E-state index is 0.473. The summed E-state index contributed by atoms with van der Waals surface area (Å²) < 4.78 is 15.8. The molecular weight excluding hydrogens is 256 g/mol. The summed E-state index contributed by atoms with van der Waals surface area (Å²) >= 11 is 0. The summed E-state index contributed by atoms with van der Waals surface area (Å²) in [5.74, 6) is 0.638. The summed E-state index contributed by atoms with van der Waals surface area (Å²) in [7, 11) is 1.69. The van der Waals surface area contributed by atoms with Crippen LogP contribution in [0.25, 0.3) is 0 Å². The Labute approximate surface area is 121 Å². The molecular formula is C15H26N2O3. The van der Waals surface area contributed by atoms with Gasteiger partial charge < -0.3 is 19.5 Å². The monoisotopic (exact) mass is 282 g/mol. The zero-order chi connectivity index (χ0) is 14.6. The van der Waals surface area contributed by atoms with E-state index >= 15 is 0 Å². The number of aromatic nitrogens is 1. The van der Waals surface area contributed by atoms with Crippen molar-refractivity contribution in [2.45, 2.75) is 32.9 Å². The fraction of sp³-hybridized carbons (Fsp3) is 0.667. The molecule has 0 aromatic carbocycles. The number of nitrogens with one attached hydrogen (secondary N) is 1. The van der Waals surface area contributed by atoms with Crippen molar-refractivity contribution in [2.75, 3.05) is 33.5 Å². The fourth-order valence-corrected chi connectivity index (χ4v) is 1.54. The molecule has 1 aromatic heterocycles. The Kier molecular flexibility index (Phi) is 8.95. The van der Waals surface area contributed by atoms with Gasteiger partial charge in [0.25, 0.3) is 0 Å². The van der Waals surface area contributed by atoms with Crippen molar-refractivity contribution in [2.24, 2.45) is 0 Å². The van der Waals surface area contributed by atoms with Gasteiger partial charge in [-0.15, -0.1) is 0 Å². The van der Waals surface area contributed by atoms with Gasteiger partial charge in [-0.05, 0) is 12.0 Å². The van der Waals surface area contributed by atoms with E-state index in [9.17, 15) is 0 Å². The Balaban J connectivity index is 2.12. The van der Waals surface area contributed by atoms with Crippen LogP contribution in [0.15, 0.2) is 18.3 Å². The van der Waals surface area contributed by atoms with Gasteiger partial charge in [-0.25, -0.2) is 4.98 Å². The van der Waals surface area contributed by atoms with E-state index in [2.05, 4.69) is 24.1 Å². The summed E-state index contributed by atoms with van der Waals surface area (Å²) in [5.41, 5.74) is 1.15. The number of ether oxygens (including phenoxy) is 3. The van der Waals surface area contributed by atoms with E-state index in [-0.39, 0.29) is 0 Å². The third kappa shape index (κ3) is 8.09. The highest BCUT2D eigenvalue weighted by Gasteiger charge is 1.98. The molecule has 0 fully saturated rings. The molecule has 1 rings (SSSR count). The number of pyridine rings is 1. The van der Waals surface area contributed by atoms with Gasteiger partial charge in [-0.2, -0.15) is 0 Å². The Morgan fingerprint density at radius 1 is 1.15 bits per heavy atom. The summed E-state index contributed by atoms with van der Waals surface area (Å²) in [6, 6.07) is 4.39.